The molecule has 0 amide bonds. The van der Waals surface area contributed by atoms with Crippen molar-refractivity contribution in [3.05, 3.63) is 60.3 Å². The van der Waals surface area contributed by atoms with E-state index in [1.165, 1.54) is 0 Å². The van der Waals surface area contributed by atoms with Crippen LogP contribution in [-0.4, -0.2) is 35.6 Å². The number of esters is 1. The van der Waals surface area contributed by atoms with E-state index in [-0.39, 0.29) is 12.4 Å². The van der Waals surface area contributed by atoms with Gasteiger partial charge >= 0.3 is 5.97 Å². The van der Waals surface area contributed by atoms with Crippen LogP contribution in [-0.2, 0) is 9.53 Å². The maximum atomic E-state index is 12.7. The molecule has 2 atom stereocenters. The molecule has 0 saturated carbocycles. The third kappa shape index (κ3) is 2.90. The molecule has 0 fully saturated rings. The van der Waals surface area contributed by atoms with Gasteiger partial charge in [-0.05, 0) is 25.1 Å². The molecule has 4 rings (SSSR count). The molecule has 3 aromatic rings. The number of Topliss-reactive ketones (excluding diaryl/α,β-unsaturated/α-hetero) is 1. The smallest absolute Gasteiger partial charge is 0.351 e. The summed E-state index contributed by atoms with van der Waals surface area (Å²) in [6, 6.07) is 14.6. The number of carbonyl (C=O) groups is 2. The largest absolute Gasteiger partial charge is 0.485 e. The molecule has 6 nitrogen and oxygen atoms in total. The Balaban J connectivity index is 1.45. The zero-order chi connectivity index (χ0) is 18.1. The molecular formula is C20H17NO5. The number of nitrogens with one attached hydrogen (secondary N) is 1. The van der Waals surface area contributed by atoms with Crippen LogP contribution >= 0.6 is 0 Å². The van der Waals surface area contributed by atoms with Gasteiger partial charge in [0.2, 0.25) is 11.9 Å². The second kappa shape index (κ2) is 6.55. The minimum Gasteiger partial charge on any atom is -0.485 e. The van der Waals surface area contributed by atoms with Crippen molar-refractivity contribution in [1.29, 1.82) is 0 Å². The lowest BCUT2D eigenvalue weighted by atomic mass is 10.1. The van der Waals surface area contributed by atoms with E-state index in [1.54, 1.807) is 31.3 Å². The van der Waals surface area contributed by atoms with Crippen LogP contribution in [0.15, 0.2) is 54.7 Å². The van der Waals surface area contributed by atoms with Crippen LogP contribution < -0.4 is 9.47 Å². The first-order valence-corrected chi connectivity index (χ1v) is 8.33. The summed E-state index contributed by atoms with van der Waals surface area (Å²) in [7, 11) is 0. The van der Waals surface area contributed by atoms with Gasteiger partial charge < -0.3 is 19.2 Å². The molecule has 0 bridgehead atoms. The van der Waals surface area contributed by atoms with Crippen LogP contribution in [0.2, 0.25) is 0 Å². The monoisotopic (exact) mass is 351 g/mol. The van der Waals surface area contributed by atoms with Crippen LogP contribution in [0.5, 0.6) is 11.5 Å². The van der Waals surface area contributed by atoms with E-state index in [9.17, 15) is 9.59 Å². The maximum Gasteiger partial charge on any atom is 0.351 e. The molecule has 26 heavy (non-hydrogen) atoms. The first kappa shape index (κ1) is 16.2. The fourth-order valence-electron chi connectivity index (χ4n) is 2.93. The lowest BCUT2D eigenvalue weighted by molar-refractivity contribution is -0.157. The number of H-pyrrole nitrogens is 1. The predicted octanol–water partition coefficient (Wildman–Crippen LogP) is 3.12. The number of hydrogen-bond acceptors (Lipinski definition) is 5. The van der Waals surface area contributed by atoms with Gasteiger partial charge in [-0.2, -0.15) is 0 Å². The van der Waals surface area contributed by atoms with E-state index in [2.05, 4.69) is 4.98 Å². The summed E-state index contributed by atoms with van der Waals surface area (Å²) in [4.78, 5) is 28.1. The quantitative estimate of drug-likeness (QED) is 0.577. The summed E-state index contributed by atoms with van der Waals surface area (Å²) in [5.74, 6) is 0.170. The number of benzene rings is 2. The van der Waals surface area contributed by atoms with Gasteiger partial charge in [-0.1, -0.05) is 30.3 Å². The van der Waals surface area contributed by atoms with Crippen LogP contribution in [0, 0.1) is 0 Å². The molecule has 1 aliphatic heterocycles. The van der Waals surface area contributed by atoms with Crippen LogP contribution in [0.1, 0.15) is 17.3 Å². The van der Waals surface area contributed by atoms with Crippen molar-refractivity contribution < 1.29 is 23.8 Å². The third-order valence-corrected chi connectivity index (χ3v) is 4.29. The van der Waals surface area contributed by atoms with Gasteiger partial charge in [0.15, 0.2) is 17.6 Å². The molecule has 0 saturated heterocycles. The molecule has 2 aromatic carbocycles. The Kier molecular flexibility index (Phi) is 4.08. The SMILES string of the molecule is C[C@@H](OC(=O)[C@H]1COc2ccccc2O1)C(=O)c1c[nH]c2ccccc12. The van der Waals surface area contributed by atoms with Crippen LogP contribution in [0.4, 0.5) is 0 Å². The summed E-state index contributed by atoms with van der Waals surface area (Å²) in [5, 5.41) is 0.798. The molecule has 1 aliphatic rings. The fraction of sp³-hybridized carbons (Fsp3) is 0.200. The van der Waals surface area contributed by atoms with Crippen molar-refractivity contribution in [3.8, 4) is 11.5 Å². The molecule has 1 aromatic heterocycles. The molecule has 0 aliphatic carbocycles. The topological polar surface area (TPSA) is 77.6 Å². The van der Waals surface area contributed by atoms with Crippen molar-refractivity contribution in [1.82, 2.24) is 4.98 Å². The predicted molar refractivity (Wildman–Crippen MR) is 94.5 cm³/mol. The highest BCUT2D eigenvalue weighted by molar-refractivity contribution is 6.10. The minimum atomic E-state index is -0.928. The van der Waals surface area contributed by atoms with E-state index in [0.29, 0.717) is 17.1 Å². The fourth-order valence-corrected chi connectivity index (χ4v) is 2.93. The lowest BCUT2D eigenvalue weighted by Gasteiger charge is -2.25. The van der Waals surface area contributed by atoms with Gasteiger partial charge in [-0.3, -0.25) is 4.79 Å². The summed E-state index contributed by atoms with van der Waals surface area (Å²) < 4.78 is 16.5. The van der Waals surface area contributed by atoms with E-state index < -0.39 is 18.2 Å². The van der Waals surface area contributed by atoms with E-state index in [0.717, 1.165) is 10.9 Å². The summed E-state index contributed by atoms with van der Waals surface area (Å²) in [5.41, 5.74) is 1.35. The Hall–Kier alpha value is -3.28. The first-order chi connectivity index (χ1) is 12.6. The van der Waals surface area contributed by atoms with Crippen molar-refractivity contribution in [2.75, 3.05) is 6.61 Å². The Morgan fingerprint density at radius 2 is 1.85 bits per heavy atom. The summed E-state index contributed by atoms with van der Waals surface area (Å²) in [6.07, 6.45) is -0.195. The Morgan fingerprint density at radius 1 is 1.12 bits per heavy atom. The molecule has 0 radical (unpaired) electrons. The number of para-hydroxylation sites is 3. The third-order valence-electron chi connectivity index (χ3n) is 4.29. The van der Waals surface area contributed by atoms with Crippen LogP contribution in [0.25, 0.3) is 10.9 Å². The standard InChI is InChI=1S/C20H17NO5/c1-12(19(22)14-10-21-15-7-3-2-6-13(14)15)25-20(23)18-11-24-16-8-4-5-9-17(16)26-18/h2-10,12,18,21H,11H2,1H3/t12-,18-/m1/s1. The number of carbonyl (C=O) groups excluding carboxylic acids is 2. The first-order valence-electron chi connectivity index (χ1n) is 8.33. The second-order valence-corrected chi connectivity index (χ2v) is 6.06. The Bertz CT molecular complexity index is 977. The van der Waals surface area contributed by atoms with E-state index in [4.69, 9.17) is 14.2 Å². The number of fused-ring (bicyclic) bond motifs is 2. The average Bonchev–Trinajstić information content (AvgIpc) is 3.11. The van der Waals surface area contributed by atoms with Gasteiger partial charge in [0.05, 0.1) is 0 Å². The number of hydrogen-bond donors (Lipinski definition) is 1. The molecule has 6 heteroatoms. The van der Waals surface area contributed by atoms with Gasteiger partial charge in [0, 0.05) is 22.7 Å². The number of aromatic amines is 1. The molecule has 0 unspecified atom stereocenters. The van der Waals surface area contributed by atoms with Gasteiger partial charge in [-0.15, -0.1) is 0 Å². The van der Waals surface area contributed by atoms with E-state index in [1.807, 2.05) is 30.3 Å². The highest BCUT2D eigenvalue weighted by Crippen LogP contribution is 2.31. The zero-order valence-corrected chi connectivity index (χ0v) is 14.1. The lowest BCUT2D eigenvalue weighted by Crippen LogP contribution is -2.40. The van der Waals surface area contributed by atoms with Gasteiger partial charge in [-0.25, -0.2) is 4.79 Å². The number of aromatic nitrogens is 1. The van der Waals surface area contributed by atoms with Gasteiger partial charge in [0.1, 0.15) is 6.61 Å². The Morgan fingerprint density at radius 3 is 2.69 bits per heavy atom. The average molecular weight is 351 g/mol. The number of ketones is 1. The van der Waals surface area contributed by atoms with Crippen molar-refractivity contribution in [3.63, 3.8) is 0 Å². The van der Waals surface area contributed by atoms with Crippen molar-refractivity contribution >= 4 is 22.7 Å². The van der Waals surface area contributed by atoms with Crippen LogP contribution in [0.3, 0.4) is 0 Å². The number of ether oxygens (including phenoxy) is 3. The molecule has 0 spiro atoms. The second-order valence-electron chi connectivity index (χ2n) is 6.06. The minimum absolute atomic E-state index is 0.0455. The molecule has 1 N–H and O–H groups in total. The zero-order valence-electron chi connectivity index (χ0n) is 14.1. The van der Waals surface area contributed by atoms with E-state index >= 15 is 0 Å². The normalized spacial score (nSPS) is 16.9. The highest BCUT2D eigenvalue weighted by Gasteiger charge is 2.31. The van der Waals surface area contributed by atoms with Crippen molar-refractivity contribution in [2.24, 2.45) is 0 Å². The molecule has 132 valence electrons. The van der Waals surface area contributed by atoms with Crippen molar-refractivity contribution in [2.45, 2.75) is 19.1 Å². The summed E-state index contributed by atoms with van der Waals surface area (Å²) in [6.45, 7) is 1.60. The highest BCUT2D eigenvalue weighted by atomic mass is 16.6. The Labute approximate surface area is 149 Å². The molecule has 2 heterocycles. The van der Waals surface area contributed by atoms with Gasteiger partial charge in [0.25, 0.3) is 0 Å². The summed E-state index contributed by atoms with van der Waals surface area (Å²) >= 11 is 0. The maximum absolute atomic E-state index is 12.7. The number of rotatable bonds is 4. The molecular weight excluding hydrogens is 334 g/mol.